The minimum atomic E-state index is -4.48. The molecule has 5 N–H and O–H groups in total. The monoisotopic (exact) mass is 601 g/mol. The number of halogens is 3. The minimum absolute atomic E-state index is 0.0451. The van der Waals surface area contributed by atoms with Crippen molar-refractivity contribution in [2.45, 2.75) is 82.2 Å². The van der Waals surface area contributed by atoms with Crippen molar-refractivity contribution in [1.82, 2.24) is 19.4 Å². The fourth-order valence-electron chi connectivity index (χ4n) is 6.98. The third-order valence-electron chi connectivity index (χ3n) is 9.24. The summed E-state index contributed by atoms with van der Waals surface area (Å²) >= 11 is 0. The van der Waals surface area contributed by atoms with Crippen LogP contribution in [0.3, 0.4) is 0 Å². The van der Waals surface area contributed by atoms with Gasteiger partial charge in [0.1, 0.15) is 23.9 Å². The molecule has 6 rings (SSSR count). The van der Waals surface area contributed by atoms with Crippen molar-refractivity contribution in [2.75, 3.05) is 30.4 Å². The number of rotatable bonds is 8. The lowest BCUT2D eigenvalue weighted by molar-refractivity contribution is -0.161. The van der Waals surface area contributed by atoms with E-state index in [1.54, 1.807) is 0 Å². The zero-order chi connectivity index (χ0) is 30.7. The number of benzene rings is 1. The molecular weight excluding hydrogens is 563 g/mol. The average molecular weight is 602 g/mol. The summed E-state index contributed by atoms with van der Waals surface area (Å²) < 4.78 is 53.6. The maximum absolute atomic E-state index is 12.9. The number of hydrogen-bond acceptors (Lipinski definition) is 8. The molecule has 4 unspecified atom stereocenters. The van der Waals surface area contributed by atoms with E-state index in [-0.39, 0.29) is 47.9 Å². The number of anilines is 3. The third-order valence-corrected chi connectivity index (χ3v) is 9.24. The number of hydrogen-bond donors (Lipinski definition) is 3. The van der Waals surface area contributed by atoms with E-state index in [4.69, 9.17) is 20.9 Å². The van der Waals surface area contributed by atoms with Crippen molar-refractivity contribution in [1.29, 1.82) is 0 Å². The van der Waals surface area contributed by atoms with Gasteiger partial charge in [-0.2, -0.15) is 13.2 Å². The molecule has 1 aliphatic heterocycles. The molecule has 3 aliphatic rings. The third kappa shape index (κ3) is 5.89. The second-order valence-corrected chi connectivity index (χ2v) is 12.7. The molecule has 2 aliphatic carbocycles. The number of alkyl halides is 3. The Morgan fingerprint density at radius 1 is 1.14 bits per heavy atom. The van der Waals surface area contributed by atoms with E-state index in [0.717, 1.165) is 49.0 Å². The summed E-state index contributed by atoms with van der Waals surface area (Å²) in [6, 6.07) is 5.38. The molecule has 3 fully saturated rings. The van der Waals surface area contributed by atoms with Crippen LogP contribution in [0.4, 0.5) is 30.4 Å². The predicted molar refractivity (Wildman–Crippen MR) is 156 cm³/mol. The van der Waals surface area contributed by atoms with E-state index in [1.807, 2.05) is 26.1 Å². The fraction of sp³-hybridized carbons (Fsp3) is 0.567. The van der Waals surface area contributed by atoms with E-state index in [1.165, 1.54) is 12.4 Å². The Labute approximate surface area is 247 Å². The van der Waals surface area contributed by atoms with Gasteiger partial charge >= 0.3 is 6.18 Å². The summed E-state index contributed by atoms with van der Waals surface area (Å²) in [5.74, 6) is 0.205. The van der Waals surface area contributed by atoms with E-state index in [2.05, 4.69) is 31.8 Å². The summed E-state index contributed by atoms with van der Waals surface area (Å²) in [5.41, 5.74) is 11.9. The number of amides is 1. The SMILES string of the molecule is CN(CC1CC(n2ccc3c(N)ncnc32)C2OC(C)(C)OC12)C1CC(CCC(=O)Nc2ccc(C(F)(F)F)cc2N)C1. The van der Waals surface area contributed by atoms with Gasteiger partial charge in [-0.1, -0.05) is 0 Å². The zero-order valence-electron chi connectivity index (χ0n) is 24.5. The lowest BCUT2D eigenvalue weighted by Gasteiger charge is -2.42. The molecule has 0 radical (unpaired) electrons. The molecule has 0 bridgehead atoms. The summed E-state index contributed by atoms with van der Waals surface area (Å²) in [6.45, 7) is 4.77. The molecular formula is C30H38F3N7O3. The van der Waals surface area contributed by atoms with E-state index in [0.29, 0.717) is 24.2 Å². The van der Waals surface area contributed by atoms with Crippen LogP contribution in [0.15, 0.2) is 36.8 Å². The van der Waals surface area contributed by atoms with Crippen molar-refractivity contribution < 1.29 is 27.4 Å². The highest BCUT2D eigenvalue weighted by Crippen LogP contribution is 2.48. The van der Waals surface area contributed by atoms with E-state index in [9.17, 15) is 18.0 Å². The summed E-state index contributed by atoms with van der Waals surface area (Å²) in [6.07, 6.45) is 2.71. The van der Waals surface area contributed by atoms with Crippen LogP contribution in [-0.4, -0.2) is 63.0 Å². The van der Waals surface area contributed by atoms with Gasteiger partial charge < -0.3 is 35.7 Å². The zero-order valence-corrected chi connectivity index (χ0v) is 24.5. The van der Waals surface area contributed by atoms with Crippen LogP contribution in [0.2, 0.25) is 0 Å². The maximum atomic E-state index is 12.9. The number of carbonyl (C=O) groups excluding carboxylic acids is 1. The van der Waals surface area contributed by atoms with Crippen molar-refractivity contribution >= 4 is 34.1 Å². The number of aromatic nitrogens is 3. The van der Waals surface area contributed by atoms with Gasteiger partial charge in [0.2, 0.25) is 5.91 Å². The molecule has 43 heavy (non-hydrogen) atoms. The second kappa shape index (κ2) is 10.9. The molecule has 1 saturated heterocycles. The van der Waals surface area contributed by atoms with Crippen molar-refractivity contribution in [3.8, 4) is 0 Å². The quantitative estimate of drug-likeness (QED) is 0.313. The van der Waals surface area contributed by atoms with Crippen LogP contribution in [-0.2, 0) is 20.4 Å². The predicted octanol–water partition coefficient (Wildman–Crippen LogP) is 4.82. The van der Waals surface area contributed by atoms with Gasteiger partial charge in [-0.3, -0.25) is 4.79 Å². The Hall–Kier alpha value is -3.42. The second-order valence-electron chi connectivity index (χ2n) is 12.7. The molecule has 10 nitrogen and oxygen atoms in total. The molecule has 2 aromatic heterocycles. The lowest BCUT2D eigenvalue weighted by Crippen LogP contribution is -2.46. The van der Waals surface area contributed by atoms with E-state index >= 15 is 0 Å². The molecule has 1 amide bonds. The largest absolute Gasteiger partial charge is 0.416 e. The highest BCUT2D eigenvalue weighted by Gasteiger charge is 2.55. The van der Waals surface area contributed by atoms with Crippen molar-refractivity contribution in [3.63, 3.8) is 0 Å². The normalized spacial score (nSPS) is 28.3. The van der Waals surface area contributed by atoms with Gasteiger partial charge in [0.05, 0.1) is 34.5 Å². The van der Waals surface area contributed by atoms with Gasteiger partial charge in [-0.05, 0) is 76.8 Å². The van der Waals surface area contributed by atoms with Gasteiger partial charge in [0.25, 0.3) is 0 Å². The van der Waals surface area contributed by atoms with Crippen LogP contribution in [0, 0.1) is 11.8 Å². The van der Waals surface area contributed by atoms with Gasteiger partial charge in [-0.25, -0.2) is 9.97 Å². The number of nitrogens with one attached hydrogen (secondary N) is 1. The molecule has 4 atom stereocenters. The van der Waals surface area contributed by atoms with Crippen LogP contribution < -0.4 is 16.8 Å². The van der Waals surface area contributed by atoms with Crippen LogP contribution in [0.5, 0.6) is 0 Å². The number of nitrogen functional groups attached to an aromatic ring is 2. The number of carbonyl (C=O) groups is 1. The summed E-state index contributed by atoms with van der Waals surface area (Å²) in [4.78, 5) is 23.5. The standard InChI is InChI=1S/C30H38F3N7O3/c1-29(2)42-25-17(12-23(26(25)43-29)40-9-8-20-27(35)36-15-37-28(20)40)14-39(3)19-10-16(11-19)4-7-24(41)38-22-6-5-18(13-21(22)34)30(31,32)33/h5-6,8-9,13,15-17,19,23,25-26H,4,7,10-12,14,34H2,1-3H3,(H,38,41)(H2,35,36,37). The molecule has 1 aromatic carbocycles. The first-order valence-electron chi connectivity index (χ1n) is 14.7. The van der Waals surface area contributed by atoms with Crippen LogP contribution >= 0.6 is 0 Å². The van der Waals surface area contributed by atoms with Crippen molar-refractivity contribution in [3.05, 3.63) is 42.4 Å². The van der Waals surface area contributed by atoms with Gasteiger partial charge in [0, 0.05) is 31.1 Å². The van der Waals surface area contributed by atoms with E-state index < -0.39 is 17.5 Å². The molecule has 3 heterocycles. The minimum Gasteiger partial charge on any atom is -0.397 e. The Bertz CT molecular complexity index is 1500. The van der Waals surface area contributed by atoms with Crippen LogP contribution in [0.25, 0.3) is 11.0 Å². The number of nitrogens with zero attached hydrogens (tertiary/aromatic N) is 4. The maximum Gasteiger partial charge on any atom is 0.416 e. The number of fused-ring (bicyclic) bond motifs is 2. The Kier molecular flexibility index (Phi) is 7.54. The first-order chi connectivity index (χ1) is 20.3. The molecule has 232 valence electrons. The highest BCUT2D eigenvalue weighted by molar-refractivity contribution is 5.93. The fourth-order valence-corrected chi connectivity index (χ4v) is 6.98. The molecule has 3 aromatic rings. The summed E-state index contributed by atoms with van der Waals surface area (Å²) in [7, 11) is 2.14. The average Bonchev–Trinajstić information content (AvgIpc) is 3.55. The number of nitrogens with two attached hydrogens (primary N) is 2. The Morgan fingerprint density at radius 2 is 1.88 bits per heavy atom. The Morgan fingerprint density at radius 3 is 2.60 bits per heavy atom. The van der Waals surface area contributed by atoms with Gasteiger partial charge in [-0.15, -0.1) is 0 Å². The lowest BCUT2D eigenvalue weighted by atomic mass is 9.76. The number of ether oxygens (including phenoxy) is 2. The van der Waals surface area contributed by atoms with Crippen molar-refractivity contribution in [2.24, 2.45) is 11.8 Å². The topological polar surface area (TPSA) is 134 Å². The first kappa shape index (κ1) is 29.6. The summed E-state index contributed by atoms with van der Waals surface area (Å²) in [5, 5.41) is 3.48. The Balaban J connectivity index is 1.01. The molecule has 13 heteroatoms. The van der Waals surface area contributed by atoms with Crippen LogP contribution in [0.1, 0.15) is 57.6 Å². The smallest absolute Gasteiger partial charge is 0.397 e. The molecule has 2 saturated carbocycles. The highest BCUT2D eigenvalue weighted by atomic mass is 19.4. The first-order valence-corrected chi connectivity index (χ1v) is 14.7. The molecule has 0 spiro atoms. The van der Waals surface area contributed by atoms with Gasteiger partial charge in [0.15, 0.2) is 5.79 Å².